The van der Waals surface area contributed by atoms with E-state index in [-0.39, 0.29) is 23.8 Å². The highest BCUT2D eigenvalue weighted by Gasteiger charge is 2.53. The number of carbonyl (C=O) groups excluding carboxylic acids is 1. The Morgan fingerprint density at radius 2 is 1.92 bits per heavy atom. The molecule has 5 rings (SSSR count). The third kappa shape index (κ3) is 5.24. The van der Waals surface area contributed by atoms with Gasteiger partial charge < -0.3 is 14.2 Å². The van der Waals surface area contributed by atoms with Gasteiger partial charge in [0.2, 0.25) is 11.7 Å². The number of anilines is 1. The summed E-state index contributed by atoms with van der Waals surface area (Å²) in [6, 6.07) is 8.88. The molecule has 0 spiro atoms. The van der Waals surface area contributed by atoms with Crippen LogP contribution in [0.5, 0.6) is 0 Å². The molecule has 12 heteroatoms. The number of pyridine rings is 1. The fraction of sp³-hybridized carbons (Fsp3) is 0.417. The van der Waals surface area contributed by atoms with E-state index >= 15 is 0 Å². The lowest BCUT2D eigenvalue weighted by Gasteiger charge is -2.33. The third-order valence-corrected chi connectivity index (χ3v) is 6.37. The number of hydrogen-bond acceptors (Lipinski definition) is 7. The maximum atomic E-state index is 14.1. The van der Waals surface area contributed by atoms with Crippen LogP contribution in [0.4, 0.5) is 23.2 Å². The van der Waals surface area contributed by atoms with Crippen molar-refractivity contribution in [1.82, 2.24) is 20.0 Å². The van der Waals surface area contributed by atoms with E-state index in [2.05, 4.69) is 24.5 Å². The average molecular weight is 505 g/mol. The molecule has 3 aromatic rings. The highest BCUT2D eigenvalue weighted by atomic mass is 19.4. The van der Waals surface area contributed by atoms with Gasteiger partial charge in [-0.2, -0.15) is 18.2 Å². The molecule has 2 fully saturated rings. The van der Waals surface area contributed by atoms with Gasteiger partial charge in [0.15, 0.2) is 0 Å². The smallest absolute Gasteiger partial charge is 0.379 e. The molecule has 1 aliphatic heterocycles. The first-order chi connectivity index (χ1) is 17.2. The summed E-state index contributed by atoms with van der Waals surface area (Å²) in [5.74, 6) is -2.27. The molecule has 190 valence electrons. The van der Waals surface area contributed by atoms with Crippen LogP contribution < -0.4 is 4.90 Å². The molecule has 0 unspecified atom stereocenters. The largest absolute Gasteiger partial charge is 0.471 e. The number of amides is 1. The lowest BCUT2D eigenvalue weighted by atomic mass is 10.0. The van der Waals surface area contributed by atoms with Gasteiger partial charge in [0.05, 0.1) is 30.9 Å². The van der Waals surface area contributed by atoms with Gasteiger partial charge in [0.25, 0.3) is 0 Å². The Morgan fingerprint density at radius 3 is 2.53 bits per heavy atom. The van der Waals surface area contributed by atoms with Crippen LogP contribution in [0.3, 0.4) is 0 Å². The van der Waals surface area contributed by atoms with Gasteiger partial charge >= 0.3 is 12.1 Å². The zero-order chi connectivity index (χ0) is 25.3. The Bertz CT molecular complexity index is 1220. The van der Waals surface area contributed by atoms with Crippen molar-refractivity contribution in [2.45, 2.75) is 25.6 Å². The van der Waals surface area contributed by atoms with E-state index in [1.165, 1.54) is 35.4 Å². The number of morpholine rings is 1. The number of halogens is 4. The van der Waals surface area contributed by atoms with Crippen LogP contribution >= 0.6 is 0 Å². The second kappa shape index (κ2) is 9.58. The molecule has 0 atom stereocenters. The summed E-state index contributed by atoms with van der Waals surface area (Å²) in [6.45, 7) is 3.42. The predicted octanol–water partition coefficient (Wildman–Crippen LogP) is 3.94. The zero-order valence-corrected chi connectivity index (χ0v) is 19.2. The average Bonchev–Trinajstić information content (AvgIpc) is 3.45. The van der Waals surface area contributed by atoms with Crippen molar-refractivity contribution in [3.63, 3.8) is 0 Å². The Labute approximate surface area is 203 Å². The first-order valence-electron chi connectivity index (χ1n) is 11.5. The maximum Gasteiger partial charge on any atom is 0.471 e. The number of aromatic nitrogens is 3. The molecule has 36 heavy (non-hydrogen) atoms. The summed E-state index contributed by atoms with van der Waals surface area (Å²) in [6.07, 6.45) is -1.96. The quantitative estimate of drug-likeness (QED) is 0.450. The number of nitrogens with zero attached hydrogens (tertiary/aromatic N) is 5. The fourth-order valence-corrected chi connectivity index (χ4v) is 4.26. The van der Waals surface area contributed by atoms with Crippen LogP contribution in [0.1, 0.15) is 24.4 Å². The number of hydrogen-bond donors (Lipinski definition) is 0. The number of benzene rings is 1. The molecule has 0 radical (unpaired) electrons. The van der Waals surface area contributed by atoms with Crippen LogP contribution in [0.2, 0.25) is 0 Å². The lowest BCUT2D eigenvalue weighted by molar-refractivity contribution is -0.159. The Kier molecular flexibility index (Phi) is 6.47. The van der Waals surface area contributed by atoms with Gasteiger partial charge in [0, 0.05) is 37.1 Å². The number of rotatable bonds is 7. The van der Waals surface area contributed by atoms with Gasteiger partial charge in [-0.05, 0) is 43.2 Å². The van der Waals surface area contributed by atoms with Crippen molar-refractivity contribution < 1.29 is 31.6 Å². The topological polar surface area (TPSA) is 84.6 Å². The SMILES string of the molecule is O=C(N(Cc1ccc(-c2noc(C(F)(F)F)n2)cn1)c1cccc(F)c1)C1(CN2CCOCC2)CC1. The first kappa shape index (κ1) is 24.3. The van der Waals surface area contributed by atoms with Gasteiger partial charge in [-0.15, -0.1) is 0 Å². The van der Waals surface area contributed by atoms with E-state index in [4.69, 9.17) is 4.74 Å². The lowest BCUT2D eigenvalue weighted by Crippen LogP contribution is -2.46. The molecule has 0 N–H and O–H groups in total. The van der Waals surface area contributed by atoms with Gasteiger partial charge in [-0.3, -0.25) is 14.7 Å². The summed E-state index contributed by atoms with van der Waals surface area (Å²) in [7, 11) is 0. The maximum absolute atomic E-state index is 14.1. The van der Waals surface area contributed by atoms with Crippen LogP contribution in [-0.2, 0) is 22.3 Å². The minimum Gasteiger partial charge on any atom is -0.379 e. The molecule has 2 aliphatic rings. The molecule has 1 saturated carbocycles. The second-order valence-corrected chi connectivity index (χ2v) is 9.00. The Morgan fingerprint density at radius 1 is 1.14 bits per heavy atom. The van der Waals surface area contributed by atoms with Crippen LogP contribution in [0, 0.1) is 11.2 Å². The summed E-state index contributed by atoms with van der Waals surface area (Å²) < 4.78 is 62.0. The molecule has 1 aromatic carbocycles. The standard InChI is InChI=1S/C24H23F4N5O3/c25-17-2-1-3-19(12-17)33(22(34)23(6-7-23)15-32-8-10-35-11-9-32)14-18-5-4-16(13-29-18)20-30-21(36-31-20)24(26,27)28/h1-5,12-13H,6-11,14-15H2. The van der Waals surface area contributed by atoms with Crippen molar-refractivity contribution in [3.8, 4) is 11.4 Å². The minimum absolute atomic E-state index is 0.0630. The van der Waals surface area contributed by atoms with E-state index in [1.807, 2.05) is 0 Å². The van der Waals surface area contributed by atoms with Gasteiger partial charge in [-0.25, -0.2) is 4.39 Å². The van der Waals surface area contributed by atoms with E-state index in [0.29, 0.717) is 31.1 Å². The molecule has 1 aliphatic carbocycles. The van der Waals surface area contributed by atoms with E-state index in [1.54, 1.807) is 12.1 Å². The summed E-state index contributed by atoms with van der Waals surface area (Å²) in [5.41, 5.74) is 0.556. The molecular weight excluding hydrogens is 482 g/mol. The molecule has 0 bridgehead atoms. The number of alkyl halides is 3. The predicted molar refractivity (Wildman–Crippen MR) is 119 cm³/mol. The second-order valence-electron chi connectivity index (χ2n) is 9.00. The normalized spacial score (nSPS) is 17.7. The number of ether oxygens (including phenoxy) is 1. The molecule has 8 nitrogen and oxygen atoms in total. The third-order valence-electron chi connectivity index (χ3n) is 6.37. The van der Waals surface area contributed by atoms with Crippen LogP contribution in [-0.4, -0.2) is 58.8 Å². The zero-order valence-electron chi connectivity index (χ0n) is 19.2. The van der Waals surface area contributed by atoms with Crippen LogP contribution in [0.25, 0.3) is 11.4 Å². The van der Waals surface area contributed by atoms with Crippen molar-refractivity contribution in [2.75, 3.05) is 37.7 Å². The summed E-state index contributed by atoms with van der Waals surface area (Å²) >= 11 is 0. The van der Waals surface area contributed by atoms with Gasteiger partial charge in [0.1, 0.15) is 5.82 Å². The van der Waals surface area contributed by atoms with Crippen molar-refractivity contribution in [2.24, 2.45) is 5.41 Å². The van der Waals surface area contributed by atoms with Crippen molar-refractivity contribution >= 4 is 11.6 Å². The van der Waals surface area contributed by atoms with Crippen LogP contribution in [0.15, 0.2) is 47.1 Å². The molecule has 1 saturated heterocycles. The van der Waals surface area contributed by atoms with E-state index in [0.717, 1.165) is 25.9 Å². The van der Waals surface area contributed by atoms with Crippen molar-refractivity contribution in [1.29, 1.82) is 0 Å². The van der Waals surface area contributed by atoms with Crippen molar-refractivity contribution in [3.05, 3.63) is 60.0 Å². The number of carbonyl (C=O) groups is 1. The Hall–Kier alpha value is -3.38. The molecule has 1 amide bonds. The highest BCUT2D eigenvalue weighted by molar-refractivity contribution is 5.99. The van der Waals surface area contributed by atoms with Gasteiger partial charge in [-0.1, -0.05) is 11.2 Å². The van der Waals surface area contributed by atoms with E-state index < -0.39 is 23.3 Å². The minimum atomic E-state index is -4.75. The first-order valence-corrected chi connectivity index (χ1v) is 11.5. The summed E-state index contributed by atoms with van der Waals surface area (Å²) in [5, 5.41) is 3.36. The Balaban J connectivity index is 1.37. The molecule has 2 aromatic heterocycles. The molecule has 3 heterocycles. The fourth-order valence-electron chi connectivity index (χ4n) is 4.26. The van der Waals surface area contributed by atoms with E-state index in [9.17, 15) is 22.4 Å². The highest BCUT2D eigenvalue weighted by Crippen LogP contribution is 2.49. The summed E-state index contributed by atoms with van der Waals surface area (Å²) in [4.78, 5) is 25.2. The monoisotopic (exact) mass is 505 g/mol. The molecular formula is C24H23F4N5O3.